The third-order valence-electron chi connectivity index (χ3n) is 2.86. The van der Waals surface area contributed by atoms with Gasteiger partial charge in [-0.15, -0.1) is 0 Å². The second-order valence-electron chi connectivity index (χ2n) is 4.42. The molecule has 0 aliphatic heterocycles. The molecule has 0 saturated carbocycles. The first-order valence-electron chi connectivity index (χ1n) is 6.29. The number of nitrogens with zero attached hydrogens (tertiary/aromatic N) is 1. The zero-order valence-corrected chi connectivity index (χ0v) is 11.4. The number of ketones is 1. The number of hydrogen-bond donors (Lipinski definition) is 1. The summed E-state index contributed by atoms with van der Waals surface area (Å²) in [5.74, 6) is -0.227. The van der Waals surface area contributed by atoms with Gasteiger partial charge in [0.15, 0.2) is 5.78 Å². The Morgan fingerprint density at radius 2 is 1.95 bits per heavy atom. The summed E-state index contributed by atoms with van der Waals surface area (Å²) >= 11 is 0. The van der Waals surface area contributed by atoms with Gasteiger partial charge in [0.25, 0.3) is 5.69 Å². The van der Waals surface area contributed by atoms with Crippen molar-refractivity contribution in [3.63, 3.8) is 0 Å². The molecule has 6 nitrogen and oxygen atoms in total. The number of nitro groups is 1. The smallest absolute Gasteiger partial charge is 0.295 e. The van der Waals surface area contributed by atoms with Crippen LogP contribution in [0.1, 0.15) is 22.8 Å². The average Bonchev–Trinajstić information content (AvgIpc) is 2.48. The van der Waals surface area contributed by atoms with E-state index >= 15 is 0 Å². The molecule has 0 saturated heterocycles. The lowest BCUT2D eigenvalue weighted by molar-refractivity contribution is -0.384. The van der Waals surface area contributed by atoms with Crippen LogP contribution in [-0.2, 0) is 11.4 Å². The Balaban J connectivity index is 2.09. The van der Waals surface area contributed by atoms with Crippen LogP contribution in [0.4, 0.5) is 11.4 Å². The van der Waals surface area contributed by atoms with E-state index in [1.165, 1.54) is 25.1 Å². The van der Waals surface area contributed by atoms with Gasteiger partial charge in [-0.25, -0.2) is 0 Å². The average molecular weight is 286 g/mol. The second-order valence-corrected chi connectivity index (χ2v) is 4.42. The third kappa shape index (κ3) is 3.87. The minimum atomic E-state index is -0.555. The second kappa shape index (κ2) is 6.62. The molecule has 2 rings (SSSR count). The molecule has 2 aromatic rings. The molecule has 0 aliphatic carbocycles. The first kappa shape index (κ1) is 14.7. The number of hydrogen-bond acceptors (Lipinski definition) is 5. The van der Waals surface area contributed by atoms with Crippen LogP contribution in [0.2, 0.25) is 0 Å². The SMILES string of the molecule is CC(=O)c1ccc(NOCc2ccccc2)c([N+](=O)[O-])c1. The molecule has 0 aromatic heterocycles. The highest BCUT2D eigenvalue weighted by molar-refractivity contribution is 5.95. The van der Waals surface area contributed by atoms with E-state index in [1.807, 2.05) is 30.3 Å². The molecule has 0 radical (unpaired) electrons. The van der Waals surface area contributed by atoms with E-state index in [9.17, 15) is 14.9 Å². The topological polar surface area (TPSA) is 81.5 Å². The molecule has 1 N–H and O–H groups in total. The molecule has 0 bridgehead atoms. The van der Waals surface area contributed by atoms with Crippen molar-refractivity contribution in [3.05, 3.63) is 69.8 Å². The number of rotatable bonds is 6. The van der Waals surface area contributed by atoms with E-state index in [-0.39, 0.29) is 29.3 Å². The summed E-state index contributed by atoms with van der Waals surface area (Å²) in [6, 6.07) is 13.6. The van der Waals surface area contributed by atoms with Gasteiger partial charge in [0.1, 0.15) is 5.69 Å². The van der Waals surface area contributed by atoms with Crippen LogP contribution in [0.3, 0.4) is 0 Å². The van der Waals surface area contributed by atoms with Crippen molar-refractivity contribution >= 4 is 17.2 Å². The molecule has 2 aromatic carbocycles. The van der Waals surface area contributed by atoms with Gasteiger partial charge in [0.2, 0.25) is 0 Å². The van der Waals surface area contributed by atoms with Crippen LogP contribution in [0.15, 0.2) is 48.5 Å². The normalized spacial score (nSPS) is 10.1. The van der Waals surface area contributed by atoms with Gasteiger partial charge in [-0.05, 0) is 24.6 Å². The van der Waals surface area contributed by atoms with Gasteiger partial charge >= 0.3 is 0 Å². The lowest BCUT2D eigenvalue weighted by Crippen LogP contribution is -2.05. The van der Waals surface area contributed by atoms with Gasteiger partial charge in [-0.2, -0.15) is 0 Å². The van der Waals surface area contributed by atoms with Gasteiger partial charge in [0, 0.05) is 11.6 Å². The molecule has 6 heteroatoms. The van der Waals surface area contributed by atoms with Crippen LogP contribution in [0.5, 0.6) is 0 Å². The van der Waals surface area contributed by atoms with Gasteiger partial charge in [-0.1, -0.05) is 30.3 Å². The maximum atomic E-state index is 11.3. The molecular formula is C15H14N2O4. The molecule has 0 fully saturated rings. The fourth-order valence-corrected chi connectivity index (χ4v) is 1.76. The summed E-state index contributed by atoms with van der Waals surface area (Å²) in [6.45, 7) is 1.63. The molecule has 0 heterocycles. The van der Waals surface area contributed by atoms with Crippen molar-refractivity contribution in [3.8, 4) is 0 Å². The number of nitrogens with one attached hydrogen (secondary N) is 1. The number of carbonyl (C=O) groups is 1. The zero-order chi connectivity index (χ0) is 15.2. The molecule has 108 valence electrons. The summed E-state index contributed by atoms with van der Waals surface area (Å²) < 4.78 is 0. The van der Waals surface area contributed by atoms with Crippen molar-refractivity contribution in [2.75, 3.05) is 5.48 Å². The first-order valence-corrected chi connectivity index (χ1v) is 6.29. The Labute approximate surface area is 121 Å². The van der Waals surface area contributed by atoms with Crippen molar-refractivity contribution in [1.29, 1.82) is 0 Å². The summed E-state index contributed by atoms with van der Waals surface area (Å²) in [7, 11) is 0. The van der Waals surface area contributed by atoms with Crippen LogP contribution >= 0.6 is 0 Å². The van der Waals surface area contributed by atoms with Crippen LogP contribution in [-0.4, -0.2) is 10.7 Å². The predicted octanol–water partition coefficient (Wildman–Crippen LogP) is 3.34. The number of anilines is 1. The van der Waals surface area contributed by atoms with Crippen molar-refractivity contribution in [2.45, 2.75) is 13.5 Å². The minimum Gasteiger partial charge on any atom is -0.295 e. The maximum absolute atomic E-state index is 11.3. The Kier molecular flexibility index (Phi) is 4.63. The van der Waals surface area contributed by atoms with E-state index in [0.29, 0.717) is 0 Å². The Morgan fingerprint density at radius 3 is 2.57 bits per heavy atom. The Hall–Kier alpha value is -2.73. The molecule has 0 atom stereocenters. The first-order chi connectivity index (χ1) is 10.1. The summed E-state index contributed by atoms with van der Waals surface area (Å²) in [5, 5.41) is 11.0. The number of benzene rings is 2. The fourth-order valence-electron chi connectivity index (χ4n) is 1.76. The van der Waals surface area contributed by atoms with Crippen molar-refractivity contribution in [2.24, 2.45) is 0 Å². The summed E-state index contributed by atoms with van der Waals surface area (Å²) in [6.07, 6.45) is 0. The van der Waals surface area contributed by atoms with Crippen LogP contribution < -0.4 is 5.48 Å². The standard InChI is InChI=1S/C15H14N2O4/c1-11(18)13-7-8-14(15(9-13)17(19)20)16-21-10-12-5-3-2-4-6-12/h2-9,16H,10H2,1H3. The van der Waals surface area contributed by atoms with E-state index < -0.39 is 4.92 Å². The number of Topliss-reactive ketones (excluding diaryl/α,β-unsaturated/α-hetero) is 1. The number of carbonyl (C=O) groups excluding carboxylic acids is 1. The lowest BCUT2D eigenvalue weighted by Gasteiger charge is -2.08. The van der Waals surface area contributed by atoms with Gasteiger partial charge in [-0.3, -0.25) is 25.2 Å². The van der Waals surface area contributed by atoms with Gasteiger partial charge < -0.3 is 0 Å². The van der Waals surface area contributed by atoms with Crippen molar-refractivity contribution in [1.82, 2.24) is 0 Å². The monoisotopic (exact) mass is 286 g/mol. The summed E-state index contributed by atoms with van der Waals surface area (Å²) in [5.41, 5.74) is 3.79. The van der Waals surface area contributed by atoms with E-state index in [0.717, 1.165) is 5.56 Å². The van der Waals surface area contributed by atoms with E-state index in [4.69, 9.17) is 4.84 Å². The van der Waals surface area contributed by atoms with Crippen LogP contribution in [0, 0.1) is 10.1 Å². The molecule has 0 aliphatic rings. The van der Waals surface area contributed by atoms with Crippen LogP contribution in [0.25, 0.3) is 0 Å². The Morgan fingerprint density at radius 1 is 1.24 bits per heavy atom. The number of nitro benzene ring substituents is 1. The molecular weight excluding hydrogens is 272 g/mol. The fraction of sp³-hybridized carbons (Fsp3) is 0.133. The lowest BCUT2D eigenvalue weighted by atomic mass is 10.1. The highest BCUT2D eigenvalue weighted by atomic mass is 16.6. The molecule has 0 amide bonds. The molecule has 0 unspecified atom stereocenters. The summed E-state index contributed by atoms with van der Waals surface area (Å²) in [4.78, 5) is 27.0. The predicted molar refractivity (Wildman–Crippen MR) is 78.0 cm³/mol. The van der Waals surface area contributed by atoms with Crippen molar-refractivity contribution < 1.29 is 14.6 Å². The highest BCUT2D eigenvalue weighted by Gasteiger charge is 2.16. The third-order valence-corrected chi connectivity index (χ3v) is 2.86. The van der Waals surface area contributed by atoms with E-state index in [1.54, 1.807) is 0 Å². The quantitative estimate of drug-likeness (QED) is 0.500. The molecule has 0 spiro atoms. The minimum absolute atomic E-state index is 0.198. The molecule has 21 heavy (non-hydrogen) atoms. The highest BCUT2D eigenvalue weighted by Crippen LogP contribution is 2.26. The maximum Gasteiger partial charge on any atom is 0.295 e. The zero-order valence-electron chi connectivity index (χ0n) is 11.4. The van der Waals surface area contributed by atoms with E-state index in [2.05, 4.69) is 5.48 Å². The van der Waals surface area contributed by atoms with Gasteiger partial charge in [0.05, 0.1) is 11.5 Å². The Bertz CT molecular complexity index is 656. The largest absolute Gasteiger partial charge is 0.295 e.